The van der Waals surface area contributed by atoms with Crippen LogP contribution >= 0.6 is 12.4 Å². The third kappa shape index (κ3) is 1.95. The first-order valence-corrected chi connectivity index (χ1v) is 3.35. The van der Waals surface area contributed by atoms with E-state index in [2.05, 4.69) is 4.98 Å². The van der Waals surface area contributed by atoms with Crippen LogP contribution in [0.15, 0.2) is 12.3 Å². The van der Waals surface area contributed by atoms with Gasteiger partial charge < -0.3 is 5.73 Å². The maximum atomic E-state index is 10.8. The van der Waals surface area contributed by atoms with Gasteiger partial charge in [0.05, 0.1) is 0 Å². The van der Waals surface area contributed by atoms with E-state index in [1.165, 1.54) is 0 Å². The Morgan fingerprint density at radius 1 is 1.50 bits per heavy atom. The molecule has 0 radical (unpaired) electrons. The number of halogens is 1. The summed E-state index contributed by atoms with van der Waals surface area (Å²) in [6.45, 7) is 3.68. The molecule has 0 spiro atoms. The first-order chi connectivity index (χ1) is 5.13. The minimum Gasteiger partial charge on any atom is -0.366 e. The minimum absolute atomic E-state index is 0. The number of pyridine rings is 1. The Labute approximate surface area is 77.4 Å². The van der Waals surface area contributed by atoms with Crippen molar-refractivity contribution in [3.05, 3.63) is 29.1 Å². The summed E-state index contributed by atoms with van der Waals surface area (Å²) in [4.78, 5) is 14.8. The van der Waals surface area contributed by atoms with Crippen LogP contribution < -0.4 is 5.73 Å². The van der Waals surface area contributed by atoms with Crippen LogP contribution in [-0.4, -0.2) is 10.9 Å². The monoisotopic (exact) mass is 186 g/mol. The van der Waals surface area contributed by atoms with Gasteiger partial charge >= 0.3 is 0 Å². The molecule has 0 aliphatic heterocycles. The average Bonchev–Trinajstić information content (AvgIpc) is 1.94. The van der Waals surface area contributed by atoms with Crippen molar-refractivity contribution in [3.63, 3.8) is 0 Å². The SMILES string of the molecule is Cc1nccc(C(N)=O)c1C.Cl. The molecule has 0 bridgehead atoms. The lowest BCUT2D eigenvalue weighted by Gasteiger charge is -2.02. The number of primary amides is 1. The van der Waals surface area contributed by atoms with Crippen molar-refractivity contribution in [2.45, 2.75) is 13.8 Å². The number of amides is 1. The van der Waals surface area contributed by atoms with Crippen molar-refractivity contribution in [2.75, 3.05) is 0 Å². The highest BCUT2D eigenvalue weighted by molar-refractivity contribution is 5.94. The quantitative estimate of drug-likeness (QED) is 0.717. The molecule has 0 fully saturated rings. The number of nitrogens with two attached hydrogens (primary N) is 1. The third-order valence-electron chi connectivity index (χ3n) is 1.72. The van der Waals surface area contributed by atoms with Crippen molar-refractivity contribution < 1.29 is 4.79 Å². The standard InChI is InChI=1S/C8H10N2O.ClH/c1-5-6(2)10-4-3-7(5)8(9)11;/h3-4H,1-2H3,(H2,9,11);1H. The second kappa shape index (κ2) is 4.07. The van der Waals surface area contributed by atoms with E-state index in [0.29, 0.717) is 5.56 Å². The van der Waals surface area contributed by atoms with Gasteiger partial charge in [-0.3, -0.25) is 9.78 Å². The molecule has 12 heavy (non-hydrogen) atoms. The molecule has 0 atom stereocenters. The zero-order valence-electron chi connectivity index (χ0n) is 7.00. The van der Waals surface area contributed by atoms with Crippen LogP contribution in [-0.2, 0) is 0 Å². The molecule has 0 saturated heterocycles. The Morgan fingerprint density at radius 2 is 2.08 bits per heavy atom. The summed E-state index contributed by atoms with van der Waals surface area (Å²) in [7, 11) is 0. The fraction of sp³-hybridized carbons (Fsp3) is 0.250. The molecule has 66 valence electrons. The fourth-order valence-corrected chi connectivity index (χ4v) is 0.907. The van der Waals surface area contributed by atoms with Gasteiger partial charge in [-0.2, -0.15) is 0 Å². The van der Waals surface area contributed by atoms with E-state index in [9.17, 15) is 4.79 Å². The molecule has 3 nitrogen and oxygen atoms in total. The predicted octanol–water partition coefficient (Wildman–Crippen LogP) is 1.22. The summed E-state index contributed by atoms with van der Waals surface area (Å²) in [5.74, 6) is -0.395. The first kappa shape index (κ1) is 10.9. The topological polar surface area (TPSA) is 56.0 Å². The summed E-state index contributed by atoms with van der Waals surface area (Å²) >= 11 is 0. The van der Waals surface area contributed by atoms with Crippen molar-refractivity contribution in [1.82, 2.24) is 4.98 Å². The van der Waals surface area contributed by atoms with Gasteiger partial charge in [0.2, 0.25) is 5.91 Å². The lowest BCUT2D eigenvalue weighted by atomic mass is 10.1. The number of carbonyl (C=O) groups is 1. The molecule has 1 rings (SSSR count). The normalized spacial score (nSPS) is 8.83. The number of rotatable bonds is 1. The summed E-state index contributed by atoms with van der Waals surface area (Å²) in [6.07, 6.45) is 1.59. The van der Waals surface area contributed by atoms with Crippen LogP contribution in [0.2, 0.25) is 0 Å². The van der Waals surface area contributed by atoms with Crippen LogP contribution in [0.1, 0.15) is 21.6 Å². The molecular formula is C8H11ClN2O. The van der Waals surface area contributed by atoms with Gasteiger partial charge in [-0.25, -0.2) is 0 Å². The Balaban J connectivity index is 0.00000121. The van der Waals surface area contributed by atoms with Gasteiger partial charge in [-0.05, 0) is 25.5 Å². The van der Waals surface area contributed by atoms with Crippen LogP contribution in [0, 0.1) is 13.8 Å². The molecule has 0 saturated carbocycles. The summed E-state index contributed by atoms with van der Waals surface area (Å²) < 4.78 is 0. The molecule has 0 aliphatic carbocycles. The number of nitrogens with zero attached hydrogens (tertiary/aromatic N) is 1. The second-order valence-corrected chi connectivity index (χ2v) is 2.43. The van der Waals surface area contributed by atoms with E-state index in [1.54, 1.807) is 12.3 Å². The van der Waals surface area contributed by atoms with E-state index < -0.39 is 5.91 Å². The summed E-state index contributed by atoms with van der Waals surface area (Å²) in [6, 6.07) is 1.63. The molecule has 1 heterocycles. The maximum absolute atomic E-state index is 10.8. The fourth-order valence-electron chi connectivity index (χ4n) is 0.907. The molecule has 0 aliphatic rings. The van der Waals surface area contributed by atoms with E-state index in [-0.39, 0.29) is 12.4 Å². The number of aryl methyl sites for hydroxylation is 1. The molecule has 2 N–H and O–H groups in total. The Morgan fingerprint density at radius 3 is 2.50 bits per heavy atom. The Kier molecular flexibility index (Phi) is 3.70. The number of hydrogen-bond donors (Lipinski definition) is 1. The molecular weight excluding hydrogens is 176 g/mol. The lowest BCUT2D eigenvalue weighted by Crippen LogP contribution is -2.13. The maximum Gasteiger partial charge on any atom is 0.249 e. The molecule has 4 heteroatoms. The third-order valence-corrected chi connectivity index (χ3v) is 1.72. The van der Waals surface area contributed by atoms with E-state index in [1.807, 2.05) is 13.8 Å². The van der Waals surface area contributed by atoms with Crippen LogP contribution in [0.5, 0.6) is 0 Å². The van der Waals surface area contributed by atoms with E-state index in [4.69, 9.17) is 5.73 Å². The van der Waals surface area contributed by atoms with Crippen molar-refractivity contribution >= 4 is 18.3 Å². The van der Waals surface area contributed by atoms with Crippen LogP contribution in [0.25, 0.3) is 0 Å². The Bertz CT molecular complexity index is 299. The van der Waals surface area contributed by atoms with E-state index in [0.717, 1.165) is 11.3 Å². The van der Waals surface area contributed by atoms with Gasteiger partial charge in [0.15, 0.2) is 0 Å². The molecule has 1 aromatic rings. The molecule has 0 aromatic carbocycles. The van der Waals surface area contributed by atoms with Gasteiger partial charge in [0.1, 0.15) is 0 Å². The summed E-state index contributed by atoms with van der Waals surface area (Å²) in [5, 5.41) is 0. The van der Waals surface area contributed by atoms with Crippen LogP contribution in [0.4, 0.5) is 0 Å². The average molecular weight is 187 g/mol. The predicted molar refractivity (Wildman–Crippen MR) is 49.5 cm³/mol. The van der Waals surface area contributed by atoms with Gasteiger partial charge in [-0.1, -0.05) is 0 Å². The van der Waals surface area contributed by atoms with E-state index >= 15 is 0 Å². The van der Waals surface area contributed by atoms with Crippen LogP contribution in [0.3, 0.4) is 0 Å². The number of aromatic nitrogens is 1. The van der Waals surface area contributed by atoms with Crippen molar-refractivity contribution in [3.8, 4) is 0 Å². The lowest BCUT2D eigenvalue weighted by molar-refractivity contribution is 0.0999. The molecule has 1 amide bonds. The highest BCUT2D eigenvalue weighted by Crippen LogP contribution is 2.08. The molecule has 1 aromatic heterocycles. The zero-order valence-corrected chi connectivity index (χ0v) is 7.81. The largest absolute Gasteiger partial charge is 0.366 e. The summed E-state index contributed by atoms with van der Waals surface area (Å²) in [5.41, 5.74) is 7.38. The zero-order chi connectivity index (χ0) is 8.43. The van der Waals surface area contributed by atoms with Crippen molar-refractivity contribution in [1.29, 1.82) is 0 Å². The number of hydrogen-bond acceptors (Lipinski definition) is 2. The van der Waals surface area contributed by atoms with Gasteiger partial charge in [-0.15, -0.1) is 12.4 Å². The highest BCUT2D eigenvalue weighted by Gasteiger charge is 2.05. The highest BCUT2D eigenvalue weighted by atomic mass is 35.5. The first-order valence-electron chi connectivity index (χ1n) is 3.35. The molecule has 0 unspecified atom stereocenters. The van der Waals surface area contributed by atoms with Crippen molar-refractivity contribution in [2.24, 2.45) is 5.73 Å². The minimum atomic E-state index is -0.395. The Hall–Kier alpha value is -1.09. The number of carbonyl (C=O) groups excluding carboxylic acids is 1. The van der Waals surface area contributed by atoms with Gasteiger partial charge in [0, 0.05) is 17.5 Å². The second-order valence-electron chi connectivity index (χ2n) is 2.43. The van der Waals surface area contributed by atoms with Gasteiger partial charge in [0.25, 0.3) is 0 Å². The smallest absolute Gasteiger partial charge is 0.249 e.